The Hall–Kier alpha value is -0.650. The van der Waals surface area contributed by atoms with E-state index in [9.17, 15) is 0 Å². The second-order valence-electron chi connectivity index (χ2n) is 2.04. The van der Waals surface area contributed by atoms with Crippen LogP contribution in [0.5, 0.6) is 5.75 Å². The van der Waals surface area contributed by atoms with Crippen LogP contribution in [0.4, 0.5) is 0 Å². The second kappa shape index (κ2) is 4.39. The predicted octanol–water partition coefficient (Wildman–Crippen LogP) is 3.11. The molecule has 0 aliphatic rings. The fourth-order valence-corrected chi connectivity index (χ4v) is 1.26. The minimum Gasteiger partial charge on any atom is -0.480 e. The summed E-state index contributed by atoms with van der Waals surface area (Å²) in [6.45, 7) is 0.249. The maximum Gasteiger partial charge on any atom is 0.148 e. The Balaban J connectivity index is 2.86. The van der Waals surface area contributed by atoms with Crippen LogP contribution in [-0.2, 0) is 0 Å². The Labute approximate surface area is 84.8 Å². The Morgan fingerprint density at radius 2 is 2.33 bits per heavy atom. The molecule has 0 aliphatic heterocycles. The topological polar surface area (TPSA) is 9.23 Å². The molecule has 3 heteroatoms. The van der Waals surface area contributed by atoms with E-state index in [1.54, 1.807) is 18.2 Å². The van der Waals surface area contributed by atoms with Crippen molar-refractivity contribution < 1.29 is 4.74 Å². The van der Waals surface area contributed by atoms with E-state index in [1.807, 2.05) is 0 Å². The number of ether oxygens (including phenoxy) is 1. The minimum atomic E-state index is 0.249. The molecule has 0 amide bonds. The molecule has 0 aliphatic carbocycles. The van der Waals surface area contributed by atoms with Gasteiger partial charge < -0.3 is 4.74 Å². The summed E-state index contributed by atoms with van der Waals surface area (Å²) in [5.74, 6) is 3.04. The summed E-state index contributed by atoms with van der Waals surface area (Å²) in [6, 6.07) is 5.38. The van der Waals surface area contributed by atoms with Crippen molar-refractivity contribution in [1.29, 1.82) is 0 Å². The summed E-state index contributed by atoms with van der Waals surface area (Å²) >= 11 is 9.10. The van der Waals surface area contributed by atoms with Crippen molar-refractivity contribution in [2.45, 2.75) is 0 Å². The molecule has 12 heavy (non-hydrogen) atoms. The van der Waals surface area contributed by atoms with Gasteiger partial charge in [0.25, 0.3) is 0 Å². The maximum atomic E-state index is 5.81. The third-order valence-electron chi connectivity index (χ3n) is 1.23. The molecule has 0 saturated carbocycles. The molecule has 1 aromatic carbocycles. The minimum absolute atomic E-state index is 0.249. The van der Waals surface area contributed by atoms with E-state index in [0.717, 1.165) is 4.47 Å². The molecule has 0 spiro atoms. The van der Waals surface area contributed by atoms with Gasteiger partial charge in [-0.1, -0.05) is 23.6 Å². The summed E-state index contributed by atoms with van der Waals surface area (Å²) in [5, 5.41) is 0.615. The van der Waals surface area contributed by atoms with Gasteiger partial charge in [-0.05, 0) is 28.1 Å². The highest BCUT2D eigenvalue weighted by molar-refractivity contribution is 9.10. The molecule has 0 unspecified atom stereocenters. The van der Waals surface area contributed by atoms with Gasteiger partial charge in [0.15, 0.2) is 0 Å². The summed E-state index contributed by atoms with van der Waals surface area (Å²) in [6.07, 6.45) is 5.04. The van der Waals surface area contributed by atoms with Gasteiger partial charge in [-0.15, -0.1) is 6.42 Å². The smallest absolute Gasteiger partial charge is 0.148 e. The van der Waals surface area contributed by atoms with Crippen molar-refractivity contribution in [3.63, 3.8) is 0 Å². The fourth-order valence-electron chi connectivity index (χ4n) is 0.715. The Morgan fingerprint density at radius 1 is 1.58 bits per heavy atom. The highest BCUT2D eigenvalue weighted by atomic mass is 79.9. The van der Waals surface area contributed by atoms with Crippen molar-refractivity contribution in [1.82, 2.24) is 0 Å². The molecule has 0 aromatic heterocycles. The van der Waals surface area contributed by atoms with Crippen molar-refractivity contribution in [3.05, 3.63) is 27.7 Å². The van der Waals surface area contributed by atoms with Gasteiger partial charge in [0.2, 0.25) is 0 Å². The number of halogens is 2. The standard InChI is InChI=1S/C9H6BrClO/c1-2-6-12-8-5-3-4-7(11)9(8)10/h1,3-5H,6H2. The van der Waals surface area contributed by atoms with Crippen LogP contribution in [0.25, 0.3) is 0 Å². The number of rotatable bonds is 2. The molecule has 0 heterocycles. The monoisotopic (exact) mass is 244 g/mol. The summed E-state index contributed by atoms with van der Waals surface area (Å²) in [7, 11) is 0. The van der Waals surface area contributed by atoms with Crippen LogP contribution >= 0.6 is 27.5 Å². The zero-order chi connectivity index (χ0) is 8.97. The van der Waals surface area contributed by atoms with E-state index in [1.165, 1.54) is 0 Å². The molecule has 0 bridgehead atoms. The molecule has 0 radical (unpaired) electrons. The van der Waals surface area contributed by atoms with Crippen LogP contribution in [0.2, 0.25) is 5.02 Å². The van der Waals surface area contributed by atoms with E-state index < -0.39 is 0 Å². The third-order valence-corrected chi connectivity index (χ3v) is 2.59. The number of hydrogen-bond donors (Lipinski definition) is 0. The lowest BCUT2D eigenvalue weighted by Crippen LogP contribution is -1.93. The van der Waals surface area contributed by atoms with Crippen LogP contribution in [0.15, 0.2) is 22.7 Å². The van der Waals surface area contributed by atoms with Gasteiger partial charge in [0.1, 0.15) is 12.4 Å². The first-order valence-corrected chi connectivity index (χ1v) is 4.43. The summed E-state index contributed by atoms with van der Waals surface area (Å²) < 4.78 is 5.94. The molecule has 0 fully saturated rings. The first kappa shape index (κ1) is 9.44. The van der Waals surface area contributed by atoms with Crippen molar-refractivity contribution in [2.24, 2.45) is 0 Å². The van der Waals surface area contributed by atoms with Crippen molar-refractivity contribution >= 4 is 27.5 Å². The molecular weight excluding hydrogens is 239 g/mol. The van der Waals surface area contributed by atoms with Crippen LogP contribution in [-0.4, -0.2) is 6.61 Å². The molecule has 1 rings (SSSR count). The Bertz CT molecular complexity index is 317. The molecule has 0 saturated heterocycles. The van der Waals surface area contributed by atoms with Crippen LogP contribution in [0.1, 0.15) is 0 Å². The average molecular weight is 246 g/mol. The second-order valence-corrected chi connectivity index (χ2v) is 3.24. The van der Waals surface area contributed by atoms with E-state index >= 15 is 0 Å². The first-order chi connectivity index (χ1) is 5.75. The fraction of sp³-hybridized carbons (Fsp3) is 0.111. The lowest BCUT2D eigenvalue weighted by molar-refractivity contribution is 0.368. The first-order valence-electron chi connectivity index (χ1n) is 3.26. The third kappa shape index (κ3) is 2.17. The van der Waals surface area contributed by atoms with E-state index in [-0.39, 0.29) is 6.61 Å². The highest BCUT2D eigenvalue weighted by Gasteiger charge is 2.02. The number of hydrogen-bond acceptors (Lipinski definition) is 1. The van der Waals surface area contributed by atoms with Gasteiger partial charge in [-0.2, -0.15) is 0 Å². The van der Waals surface area contributed by atoms with Gasteiger partial charge in [-0.3, -0.25) is 0 Å². The van der Waals surface area contributed by atoms with Gasteiger partial charge in [0, 0.05) is 0 Å². The zero-order valence-corrected chi connectivity index (χ0v) is 8.52. The SMILES string of the molecule is C#CCOc1cccc(Cl)c1Br. The summed E-state index contributed by atoms with van der Waals surface area (Å²) in [4.78, 5) is 0. The van der Waals surface area contributed by atoms with E-state index in [4.69, 9.17) is 22.8 Å². The van der Waals surface area contributed by atoms with Gasteiger partial charge >= 0.3 is 0 Å². The highest BCUT2D eigenvalue weighted by Crippen LogP contribution is 2.31. The zero-order valence-electron chi connectivity index (χ0n) is 6.18. The Morgan fingerprint density at radius 3 is 3.00 bits per heavy atom. The van der Waals surface area contributed by atoms with Crippen LogP contribution < -0.4 is 4.74 Å². The summed E-state index contributed by atoms with van der Waals surface area (Å²) in [5.41, 5.74) is 0. The van der Waals surface area contributed by atoms with Gasteiger partial charge in [-0.25, -0.2) is 0 Å². The predicted molar refractivity (Wildman–Crippen MR) is 53.5 cm³/mol. The lowest BCUT2D eigenvalue weighted by Gasteiger charge is -2.04. The maximum absolute atomic E-state index is 5.81. The van der Waals surface area contributed by atoms with Crippen molar-refractivity contribution in [2.75, 3.05) is 6.61 Å². The molecule has 0 atom stereocenters. The number of benzene rings is 1. The van der Waals surface area contributed by atoms with Crippen LogP contribution in [0, 0.1) is 12.3 Å². The molecule has 1 aromatic rings. The Kier molecular flexibility index (Phi) is 3.46. The number of terminal acetylenes is 1. The molecular formula is C9H6BrClO. The molecule has 0 N–H and O–H groups in total. The molecule has 62 valence electrons. The molecule has 1 nitrogen and oxygen atoms in total. The van der Waals surface area contributed by atoms with E-state index in [0.29, 0.717) is 10.8 Å². The van der Waals surface area contributed by atoms with Crippen LogP contribution in [0.3, 0.4) is 0 Å². The largest absolute Gasteiger partial charge is 0.480 e. The van der Waals surface area contributed by atoms with Crippen molar-refractivity contribution in [3.8, 4) is 18.1 Å². The normalized spacial score (nSPS) is 9.08. The lowest BCUT2D eigenvalue weighted by atomic mass is 10.3. The quantitative estimate of drug-likeness (QED) is 0.728. The van der Waals surface area contributed by atoms with E-state index in [2.05, 4.69) is 21.9 Å². The average Bonchev–Trinajstić information content (AvgIpc) is 2.08. The van der Waals surface area contributed by atoms with Gasteiger partial charge in [0.05, 0.1) is 9.50 Å².